The van der Waals surface area contributed by atoms with E-state index in [1.807, 2.05) is 28.1 Å². The van der Waals surface area contributed by atoms with Crippen molar-refractivity contribution in [1.82, 2.24) is 0 Å². The Morgan fingerprint density at radius 2 is 1.07 bits per heavy atom. The Morgan fingerprint density at radius 1 is 0.667 bits per heavy atom. The maximum absolute atomic E-state index is 12.6. The lowest BCUT2D eigenvalue weighted by Gasteiger charge is -2.24. The molecular weight excluding hydrogens is 789 g/mol. The van der Waals surface area contributed by atoms with Crippen molar-refractivity contribution in [2.24, 2.45) is 0 Å². The van der Waals surface area contributed by atoms with Crippen LogP contribution in [-0.4, -0.2) is 83.0 Å². The van der Waals surface area contributed by atoms with Crippen molar-refractivity contribution in [1.29, 1.82) is 0 Å². The molecule has 0 amide bonds. The van der Waals surface area contributed by atoms with Crippen LogP contribution in [0, 0.1) is 6.92 Å². The molecule has 0 heterocycles. The molecule has 1 aromatic carbocycles. The Labute approximate surface area is 352 Å². The number of rotatable bonds is 35. The highest BCUT2D eigenvalue weighted by molar-refractivity contribution is 7.85. The number of esters is 2. The fraction of sp³-hybridized carbons (Fsp3) is 0.814. The standard InChI is InChI=1S/C36H72ClNO7P.C7H8O3S/c1-6-8-10-12-14-16-18-20-22-24-26-28-35(39)42-32-34(33-44-46(37,41)43-31-30-38(3,4)5)45-36(40)29-27-25-23-21-19-17-15-13-11-9-7-2;1-6-2-4-7(5-3-6)11(8,9)10/h34H,6-33H2,1-5H3;2-5H,1H3,(H,8,9,10)/q+1;/p-1/t34-,46?;/m1./s1. The third-order valence-electron chi connectivity index (χ3n) is 9.43. The molecule has 1 unspecified atom stereocenters. The maximum atomic E-state index is 12.6. The number of hydrogen-bond donors (Lipinski definition) is 0. The zero-order valence-corrected chi connectivity index (χ0v) is 38.9. The van der Waals surface area contributed by atoms with E-state index in [-0.39, 0.29) is 43.1 Å². The number of hydrogen-bond acceptors (Lipinski definition) is 10. The summed E-state index contributed by atoms with van der Waals surface area (Å²) >= 11 is 6.01. The van der Waals surface area contributed by atoms with Gasteiger partial charge >= 0.3 is 18.9 Å². The van der Waals surface area contributed by atoms with Crippen molar-refractivity contribution in [2.75, 3.05) is 47.5 Å². The topological polar surface area (TPSA) is 145 Å². The van der Waals surface area contributed by atoms with E-state index in [1.165, 1.54) is 115 Å². The summed E-state index contributed by atoms with van der Waals surface area (Å²) in [5.74, 6) is -0.725. The number of halogens is 1. The predicted molar refractivity (Wildman–Crippen MR) is 230 cm³/mol. The molecule has 0 aliphatic heterocycles. The number of benzene rings is 1. The van der Waals surface area contributed by atoms with Gasteiger partial charge in [0.2, 0.25) is 0 Å². The Balaban J connectivity index is 0.00000242. The van der Waals surface area contributed by atoms with Gasteiger partial charge in [-0.1, -0.05) is 160 Å². The van der Waals surface area contributed by atoms with Crippen LogP contribution in [0.4, 0.5) is 0 Å². The van der Waals surface area contributed by atoms with Crippen LogP contribution in [0.3, 0.4) is 0 Å². The number of unbranched alkanes of at least 4 members (excludes halogenated alkanes) is 20. The van der Waals surface area contributed by atoms with E-state index in [1.54, 1.807) is 12.1 Å². The highest BCUT2D eigenvalue weighted by Crippen LogP contribution is 2.53. The minimum atomic E-state index is -4.27. The first kappa shape index (κ1) is 55.5. The zero-order valence-electron chi connectivity index (χ0n) is 36.4. The van der Waals surface area contributed by atoms with Gasteiger partial charge in [-0.15, -0.1) is 0 Å². The normalized spacial score (nSPS) is 13.3. The lowest BCUT2D eigenvalue weighted by Crippen LogP contribution is -2.37. The molecule has 1 rings (SSSR count). The van der Waals surface area contributed by atoms with Gasteiger partial charge in [0, 0.05) is 24.1 Å². The number of quaternary nitrogens is 1. The van der Waals surface area contributed by atoms with Gasteiger partial charge in [-0.05, 0) is 31.9 Å². The van der Waals surface area contributed by atoms with Crippen LogP contribution in [-0.2, 0) is 42.8 Å². The number of likely N-dealkylation sites (N-methyl/N-ethyl adjacent to an activating group) is 1. The fourth-order valence-corrected chi connectivity index (χ4v) is 7.39. The van der Waals surface area contributed by atoms with Crippen molar-refractivity contribution in [3.63, 3.8) is 0 Å². The number of nitrogens with zero attached hydrogens (tertiary/aromatic N) is 1. The van der Waals surface area contributed by atoms with Crippen molar-refractivity contribution in [2.45, 2.75) is 186 Å². The summed E-state index contributed by atoms with van der Waals surface area (Å²) in [7, 11) is 1.69. The molecule has 0 spiro atoms. The van der Waals surface area contributed by atoms with Crippen molar-refractivity contribution in [3.05, 3.63) is 29.8 Å². The first-order valence-electron chi connectivity index (χ1n) is 21.8. The molecule has 57 heavy (non-hydrogen) atoms. The first-order valence-corrected chi connectivity index (χ1v) is 25.6. The second-order valence-electron chi connectivity index (χ2n) is 16.2. The van der Waals surface area contributed by atoms with Gasteiger partial charge in [-0.3, -0.25) is 18.6 Å². The lowest BCUT2D eigenvalue weighted by atomic mass is 10.1. The number of carbonyl (C=O) groups excluding carboxylic acids is 2. The van der Waals surface area contributed by atoms with E-state index >= 15 is 0 Å². The van der Waals surface area contributed by atoms with Crippen LogP contribution < -0.4 is 0 Å². The van der Waals surface area contributed by atoms with Crippen molar-refractivity contribution >= 4 is 40.2 Å². The minimum absolute atomic E-state index is 0.154. The average Bonchev–Trinajstić information content (AvgIpc) is 3.13. The fourth-order valence-electron chi connectivity index (χ4n) is 5.82. The molecule has 11 nitrogen and oxygen atoms in total. The average molecular weight is 869 g/mol. The third-order valence-corrected chi connectivity index (χ3v) is 11.8. The molecular formula is C43H79ClNO10PS. The van der Waals surface area contributed by atoms with Crippen LogP contribution in [0.1, 0.15) is 174 Å². The molecule has 14 heteroatoms. The SMILES string of the molecule is CCCCCCCCCCCCCC(=O)OC[C@H](COP(=O)(Cl)OCC[N+](C)(C)C)OC(=O)CCCCCCCCCCCCC.Cc1ccc(S(=O)(=O)[O-])cc1. The molecule has 0 N–H and O–H groups in total. The molecule has 0 aromatic heterocycles. The summed E-state index contributed by atoms with van der Waals surface area (Å²) in [6, 6.07) is 5.78. The Bertz CT molecular complexity index is 1310. The van der Waals surface area contributed by atoms with Crippen LogP contribution in [0.15, 0.2) is 29.2 Å². The first-order chi connectivity index (χ1) is 27.0. The maximum Gasteiger partial charge on any atom is 0.424 e. The van der Waals surface area contributed by atoms with Gasteiger partial charge in [0.25, 0.3) is 0 Å². The molecule has 2 atom stereocenters. The molecule has 0 saturated heterocycles. The largest absolute Gasteiger partial charge is 0.744 e. The van der Waals surface area contributed by atoms with Gasteiger partial charge in [0.1, 0.15) is 29.9 Å². The molecule has 0 aliphatic rings. The molecule has 0 saturated carbocycles. The smallest absolute Gasteiger partial charge is 0.424 e. The highest BCUT2D eigenvalue weighted by atomic mass is 35.7. The van der Waals surface area contributed by atoms with Crippen LogP contribution >= 0.6 is 18.2 Å². The summed E-state index contributed by atoms with van der Waals surface area (Å²) in [4.78, 5) is 24.8. The summed E-state index contributed by atoms with van der Waals surface area (Å²) in [5.41, 5.74) is 0.928. The summed E-state index contributed by atoms with van der Waals surface area (Å²) in [6.45, 7) is 2.72. The molecule has 0 aliphatic carbocycles. The van der Waals surface area contributed by atoms with Crippen molar-refractivity contribution < 1.29 is 50.1 Å². The molecule has 0 radical (unpaired) electrons. The summed E-state index contributed by atoms with van der Waals surface area (Å²) < 4.78 is 66.0. The zero-order chi connectivity index (χ0) is 42.8. The van der Waals surface area contributed by atoms with E-state index in [4.69, 9.17) is 29.8 Å². The Hall–Kier alpha value is -1.53. The van der Waals surface area contributed by atoms with Gasteiger partial charge in [0.05, 0.1) is 32.6 Å². The highest BCUT2D eigenvalue weighted by Gasteiger charge is 2.27. The summed E-state index contributed by atoms with van der Waals surface area (Å²) in [5, 5.41) is 0. The summed E-state index contributed by atoms with van der Waals surface area (Å²) in [6.07, 6.45) is 26.1. The van der Waals surface area contributed by atoms with Gasteiger partial charge < -0.3 is 18.5 Å². The molecule has 0 bridgehead atoms. The van der Waals surface area contributed by atoms with Crippen LogP contribution in [0.2, 0.25) is 0 Å². The van der Waals surface area contributed by atoms with E-state index in [9.17, 15) is 27.1 Å². The minimum Gasteiger partial charge on any atom is -0.744 e. The number of aryl methyl sites for hydroxylation is 1. The molecule has 334 valence electrons. The van der Waals surface area contributed by atoms with E-state index in [0.29, 0.717) is 17.4 Å². The van der Waals surface area contributed by atoms with Crippen LogP contribution in [0.5, 0.6) is 0 Å². The third kappa shape index (κ3) is 37.2. The number of ether oxygens (including phenoxy) is 2. The van der Waals surface area contributed by atoms with E-state index < -0.39 is 23.2 Å². The Morgan fingerprint density at radius 3 is 1.47 bits per heavy atom. The van der Waals surface area contributed by atoms with E-state index in [0.717, 1.165) is 44.1 Å². The van der Waals surface area contributed by atoms with Gasteiger partial charge in [0.15, 0.2) is 6.10 Å². The number of carbonyl (C=O) groups is 2. The van der Waals surface area contributed by atoms with Gasteiger partial charge in [-0.25, -0.2) is 13.0 Å². The second kappa shape index (κ2) is 34.2. The molecule has 1 aromatic rings. The van der Waals surface area contributed by atoms with Crippen LogP contribution in [0.25, 0.3) is 0 Å². The second-order valence-corrected chi connectivity index (χ2v) is 20.2. The van der Waals surface area contributed by atoms with Gasteiger partial charge in [-0.2, -0.15) is 0 Å². The van der Waals surface area contributed by atoms with Crippen molar-refractivity contribution in [3.8, 4) is 0 Å². The monoisotopic (exact) mass is 867 g/mol. The predicted octanol–water partition coefficient (Wildman–Crippen LogP) is 11.8. The van der Waals surface area contributed by atoms with E-state index in [2.05, 4.69) is 13.8 Å². The quantitative estimate of drug-likeness (QED) is 0.0212. The lowest BCUT2D eigenvalue weighted by molar-refractivity contribution is -0.870. The molecule has 0 fully saturated rings. The Kier molecular flexibility index (Phi) is 33.3.